The Balaban J connectivity index is 2.38. The molecule has 1 aromatic carbocycles. The van der Waals surface area contributed by atoms with E-state index in [1.807, 2.05) is 13.8 Å². The highest BCUT2D eigenvalue weighted by Gasteiger charge is 2.27. The van der Waals surface area contributed by atoms with Crippen molar-refractivity contribution >= 4 is 5.91 Å². The molecular weight excluding hydrogens is 309 g/mol. The predicted molar refractivity (Wildman–Crippen MR) is 81.4 cm³/mol. The van der Waals surface area contributed by atoms with Crippen molar-refractivity contribution in [2.45, 2.75) is 45.6 Å². The maximum absolute atomic E-state index is 12.0. The lowest BCUT2D eigenvalue weighted by Gasteiger charge is -2.14. The zero-order valence-corrected chi connectivity index (χ0v) is 13.3. The highest BCUT2D eigenvalue weighted by Crippen LogP contribution is 2.15. The first-order chi connectivity index (χ1) is 10.7. The molecule has 0 bridgehead atoms. The van der Waals surface area contributed by atoms with E-state index >= 15 is 0 Å². The fraction of sp³-hybridized carbons (Fsp3) is 0.562. The molecule has 1 atom stereocenters. The van der Waals surface area contributed by atoms with Crippen molar-refractivity contribution in [3.63, 3.8) is 0 Å². The van der Waals surface area contributed by atoms with Crippen LogP contribution in [0.3, 0.4) is 0 Å². The fourth-order valence-electron chi connectivity index (χ4n) is 1.97. The smallest absolute Gasteiger partial charge is 0.367 e. The Bertz CT molecular complexity index is 487. The summed E-state index contributed by atoms with van der Waals surface area (Å²) in [6.45, 7) is 2.94. The molecule has 0 aliphatic rings. The van der Waals surface area contributed by atoms with Gasteiger partial charge in [-0.15, -0.1) is 0 Å². The molecule has 1 rings (SSSR count). The predicted octanol–water partition coefficient (Wildman–Crippen LogP) is 2.76. The number of hydrogen-bond donors (Lipinski definition) is 2. The lowest BCUT2D eigenvalue weighted by Crippen LogP contribution is -2.41. The van der Waals surface area contributed by atoms with Crippen LogP contribution in [0.2, 0.25) is 0 Å². The van der Waals surface area contributed by atoms with Gasteiger partial charge in [-0.3, -0.25) is 4.79 Å². The van der Waals surface area contributed by atoms with Crippen LogP contribution in [0, 0.1) is 5.92 Å². The second-order valence-electron chi connectivity index (χ2n) is 5.88. The summed E-state index contributed by atoms with van der Waals surface area (Å²) in [4.78, 5) is 11.8. The Kier molecular flexibility index (Phi) is 7.51. The Morgan fingerprint density at radius 3 is 2.30 bits per heavy atom. The van der Waals surface area contributed by atoms with E-state index in [-0.39, 0.29) is 12.5 Å². The number of halogens is 3. The quantitative estimate of drug-likeness (QED) is 0.769. The molecule has 0 unspecified atom stereocenters. The van der Waals surface area contributed by atoms with Gasteiger partial charge in [0.25, 0.3) is 0 Å². The summed E-state index contributed by atoms with van der Waals surface area (Å²) in [5.41, 5.74) is 7.26. The second-order valence-corrected chi connectivity index (χ2v) is 5.88. The number of benzene rings is 1. The third kappa shape index (κ3) is 8.56. The summed E-state index contributed by atoms with van der Waals surface area (Å²) < 4.78 is 40.5. The maximum Gasteiger partial charge on any atom is 0.411 e. The molecule has 1 amide bonds. The van der Waals surface area contributed by atoms with Gasteiger partial charge in [-0.1, -0.05) is 38.1 Å². The van der Waals surface area contributed by atoms with Crippen molar-refractivity contribution in [2.24, 2.45) is 11.7 Å². The molecule has 130 valence electrons. The summed E-state index contributed by atoms with van der Waals surface area (Å²) >= 11 is 0. The van der Waals surface area contributed by atoms with Crippen molar-refractivity contribution < 1.29 is 22.7 Å². The first-order valence-corrected chi connectivity index (χ1v) is 7.43. The molecule has 0 spiro atoms. The molecule has 0 aliphatic heterocycles. The van der Waals surface area contributed by atoms with E-state index in [4.69, 9.17) is 5.73 Å². The summed E-state index contributed by atoms with van der Waals surface area (Å²) in [5, 5.41) is 2.74. The standard InChI is InChI=1S/C16H23F3N2O2/c1-11(2)7-14(20)15(22)21-8-12-3-5-13(6-4-12)9-23-10-16(17,18)19/h3-6,11,14H,7-10,20H2,1-2H3,(H,21,22)/t14-/m0/s1. The van der Waals surface area contributed by atoms with E-state index in [2.05, 4.69) is 10.1 Å². The molecule has 0 saturated heterocycles. The second kappa shape index (κ2) is 8.88. The first kappa shape index (κ1) is 19.4. The van der Waals surface area contributed by atoms with Crippen LogP contribution < -0.4 is 11.1 Å². The molecule has 0 radical (unpaired) electrons. The minimum atomic E-state index is -4.32. The van der Waals surface area contributed by atoms with Crippen LogP contribution >= 0.6 is 0 Å². The third-order valence-corrected chi connectivity index (χ3v) is 3.09. The van der Waals surface area contributed by atoms with Crippen LogP contribution in [0.5, 0.6) is 0 Å². The van der Waals surface area contributed by atoms with Crippen LogP contribution in [0.1, 0.15) is 31.4 Å². The van der Waals surface area contributed by atoms with Gasteiger partial charge < -0.3 is 15.8 Å². The monoisotopic (exact) mass is 332 g/mol. The van der Waals surface area contributed by atoms with Crippen LogP contribution in [-0.4, -0.2) is 24.7 Å². The van der Waals surface area contributed by atoms with Crippen LogP contribution in [-0.2, 0) is 22.7 Å². The van der Waals surface area contributed by atoms with Crippen molar-refractivity contribution in [1.29, 1.82) is 0 Å². The molecule has 3 N–H and O–H groups in total. The van der Waals surface area contributed by atoms with E-state index in [1.165, 1.54) is 0 Å². The van der Waals surface area contributed by atoms with Gasteiger partial charge in [-0.2, -0.15) is 13.2 Å². The Morgan fingerprint density at radius 1 is 1.22 bits per heavy atom. The average molecular weight is 332 g/mol. The SMILES string of the molecule is CC(C)C[C@H](N)C(=O)NCc1ccc(COCC(F)(F)F)cc1. The number of ether oxygens (including phenoxy) is 1. The zero-order chi connectivity index (χ0) is 17.5. The third-order valence-electron chi connectivity index (χ3n) is 3.09. The van der Waals surface area contributed by atoms with Gasteiger partial charge in [0.15, 0.2) is 0 Å². The molecule has 0 fully saturated rings. The molecule has 0 aromatic heterocycles. The summed E-state index contributed by atoms with van der Waals surface area (Å²) in [5.74, 6) is 0.128. The topological polar surface area (TPSA) is 64.4 Å². The van der Waals surface area contributed by atoms with Crippen molar-refractivity contribution in [2.75, 3.05) is 6.61 Å². The molecule has 7 heteroatoms. The summed E-state index contributed by atoms with van der Waals surface area (Å²) in [6.07, 6.45) is -3.71. The Hall–Kier alpha value is -1.60. The Morgan fingerprint density at radius 2 is 1.78 bits per heavy atom. The lowest BCUT2D eigenvalue weighted by atomic mass is 10.0. The van der Waals surface area contributed by atoms with E-state index < -0.39 is 18.8 Å². The molecular formula is C16H23F3N2O2. The molecule has 0 aliphatic carbocycles. The van der Waals surface area contributed by atoms with Gasteiger partial charge >= 0.3 is 6.18 Å². The molecule has 0 heterocycles. The highest BCUT2D eigenvalue weighted by molar-refractivity contribution is 5.81. The molecule has 4 nitrogen and oxygen atoms in total. The van der Waals surface area contributed by atoms with Crippen molar-refractivity contribution in [3.05, 3.63) is 35.4 Å². The van der Waals surface area contributed by atoms with Crippen molar-refractivity contribution in [3.8, 4) is 0 Å². The number of carbonyl (C=O) groups is 1. The minimum absolute atomic E-state index is 0.106. The van der Waals surface area contributed by atoms with Gasteiger partial charge in [-0.05, 0) is 23.5 Å². The first-order valence-electron chi connectivity index (χ1n) is 7.43. The van der Waals surface area contributed by atoms with Crippen LogP contribution in [0.25, 0.3) is 0 Å². The lowest BCUT2D eigenvalue weighted by molar-refractivity contribution is -0.176. The van der Waals surface area contributed by atoms with E-state index in [1.54, 1.807) is 24.3 Å². The fourth-order valence-corrected chi connectivity index (χ4v) is 1.97. The number of nitrogens with two attached hydrogens (primary N) is 1. The van der Waals surface area contributed by atoms with Gasteiger partial charge in [-0.25, -0.2) is 0 Å². The Labute approximate surface area is 134 Å². The average Bonchev–Trinajstić information content (AvgIpc) is 2.44. The van der Waals surface area contributed by atoms with Crippen LogP contribution in [0.15, 0.2) is 24.3 Å². The van der Waals surface area contributed by atoms with E-state index in [0.717, 1.165) is 5.56 Å². The minimum Gasteiger partial charge on any atom is -0.367 e. The molecule has 1 aromatic rings. The molecule has 0 saturated carbocycles. The van der Waals surface area contributed by atoms with E-state index in [9.17, 15) is 18.0 Å². The van der Waals surface area contributed by atoms with Gasteiger partial charge in [0, 0.05) is 6.54 Å². The zero-order valence-electron chi connectivity index (χ0n) is 13.3. The van der Waals surface area contributed by atoms with Crippen LogP contribution in [0.4, 0.5) is 13.2 Å². The highest BCUT2D eigenvalue weighted by atomic mass is 19.4. The van der Waals surface area contributed by atoms with E-state index in [0.29, 0.717) is 24.4 Å². The maximum atomic E-state index is 12.0. The number of amides is 1. The number of carbonyl (C=O) groups excluding carboxylic acids is 1. The van der Waals surface area contributed by atoms with Gasteiger partial charge in [0.1, 0.15) is 6.61 Å². The number of nitrogens with one attached hydrogen (secondary N) is 1. The van der Waals surface area contributed by atoms with Crippen molar-refractivity contribution in [1.82, 2.24) is 5.32 Å². The molecule has 23 heavy (non-hydrogen) atoms. The number of rotatable bonds is 8. The van der Waals surface area contributed by atoms with Gasteiger partial charge in [0.05, 0.1) is 12.6 Å². The van der Waals surface area contributed by atoms with Gasteiger partial charge in [0.2, 0.25) is 5.91 Å². The summed E-state index contributed by atoms with van der Waals surface area (Å²) in [7, 11) is 0. The number of hydrogen-bond acceptors (Lipinski definition) is 3. The number of alkyl halides is 3. The summed E-state index contributed by atoms with van der Waals surface area (Å²) in [6, 6.07) is 6.28. The normalized spacial score (nSPS) is 13.2. The largest absolute Gasteiger partial charge is 0.411 e.